The Morgan fingerprint density at radius 1 is 0.638 bits per heavy atom. The van der Waals surface area contributed by atoms with Gasteiger partial charge in [-0.25, -0.2) is 4.57 Å². The zero-order valence-electron chi connectivity index (χ0n) is 29.4. The molecule has 276 valence electrons. The zero-order chi connectivity index (χ0) is 35.0. The second kappa shape index (κ2) is 31.5. The lowest BCUT2D eigenvalue weighted by Gasteiger charge is -2.20. The molecule has 0 amide bonds. The topological polar surface area (TPSA) is 172 Å². The van der Waals surface area contributed by atoms with E-state index in [4.69, 9.17) is 24.8 Å². The van der Waals surface area contributed by atoms with Crippen LogP contribution in [0.25, 0.3) is 0 Å². The fourth-order valence-electron chi connectivity index (χ4n) is 4.81. The van der Waals surface area contributed by atoms with Crippen molar-refractivity contribution in [2.45, 2.75) is 174 Å². The highest BCUT2D eigenvalue weighted by molar-refractivity contribution is 7.47. The molecule has 0 aromatic heterocycles. The van der Waals surface area contributed by atoms with Crippen LogP contribution < -0.4 is 5.73 Å². The fourth-order valence-corrected chi connectivity index (χ4v) is 5.59. The van der Waals surface area contributed by atoms with Crippen LogP contribution in [0.2, 0.25) is 0 Å². The Morgan fingerprint density at radius 2 is 1.09 bits per heavy atom. The number of nitrogens with two attached hydrogens (primary N) is 1. The Labute approximate surface area is 284 Å². The first-order valence-corrected chi connectivity index (χ1v) is 19.7. The van der Waals surface area contributed by atoms with Crippen molar-refractivity contribution in [3.05, 3.63) is 12.2 Å². The van der Waals surface area contributed by atoms with E-state index in [2.05, 4.69) is 30.5 Å². The molecule has 0 rings (SSSR count). The molecule has 0 bridgehead atoms. The highest BCUT2D eigenvalue weighted by Crippen LogP contribution is 2.43. The van der Waals surface area contributed by atoms with Gasteiger partial charge in [0.1, 0.15) is 12.6 Å². The van der Waals surface area contributed by atoms with Gasteiger partial charge in [0, 0.05) is 12.8 Å². The van der Waals surface area contributed by atoms with Crippen molar-refractivity contribution in [1.82, 2.24) is 0 Å². The molecule has 3 atom stereocenters. The molecule has 47 heavy (non-hydrogen) atoms. The van der Waals surface area contributed by atoms with Gasteiger partial charge in [-0.05, 0) is 32.1 Å². The second-order valence-electron chi connectivity index (χ2n) is 12.4. The number of unbranched alkanes of at least 4 members (excludes halogenated alkanes) is 18. The minimum Gasteiger partial charge on any atom is -0.480 e. The van der Waals surface area contributed by atoms with Gasteiger partial charge >= 0.3 is 25.7 Å². The van der Waals surface area contributed by atoms with Crippen LogP contribution in [0.3, 0.4) is 0 Å². The maximum absolute atomic E-state index is 12.5. The van der Waals surface area contributed by atoms with Gasteiger partial charge in [0.25, 0.3) is 0 Å². The van der Waals surface area contributed by atoms with Crippen LogP contribution in [0, 0.1) is 0 Å². The number of carboxylic acid groups (broad SMARTS) is 1. The van der Waals surface area contributed by atoms with E-state index in [0.29, 0.717) is 12.8 Å². The number of phosphoric acid groups is 1. The molecule has 0 aliphatic heterocycles. The second-order valence-corrected chi connectivity index (χ2v) is 13.8. The number of carboxylic acids is 1. The van der Waals surface area contributed by atoms with Gasteiger partial charge in [0.15, 0.2) is 6.10 Å². The molecule has 0 fully saturated rings. The molecule has 0 radical (unpaired) electrons. The van der Waals surface area contributed by atoms with E-state index in [0.717, 1.165) is 57.8 Å². The largest absolute Gasteiger partial charge is 0.480 e. The predicted octanol–water partition coefficient (Wildman–Crippen LogP) is 8.56. The van der Waals surface area contributed by atoms with Crippen LogP contribution in [0.4, 0.5) is 0 Å². The van der Waals surface area contributed by atoms with Crippen molar-refractivity contribution in [1.29, 1.82) is 0 Å². The lowest BCUT2D eigenvalue weighted by Crippen LogP contribution is -2.34. The van der Waals surface area contributed by atoms with Crippen LogP contribution in [0.5, 0.6) is 0 Å². The Morgan fingerprint density at radius 3 is 1.62 bits per heavy atom. The van der Waals surface area contributed by atoms with Crippen LogP contribution >= 0.6 is 7.82 Å². The number of carbonyl (C=O) groups excluding carboxylic acids is 2. The SMILES string of the molecule is CCCC/C=C\CCCCCCCC(=O)OC[C@H](COP(=O)(O)OC[C@H](N)C(=O)O)OC(=O)CCCCCCCCCCCCCC. The van der Waals surface area contributed by atoms with Gasteiger partial charge < -0.3 is 25.2 Å². The monoisotopic (exact) mass is 691 g/mol. The first kappa shape index (κ1) is 45.2. The number of ether oxygens (including phenoxy) is 2. The van der Waals surface area contributed by atoms with Crippen molar-refractivity contribution in [2.24, 2.45) is 5.73 Å². The Bertz CT molecular complexity index is 869. The Kier molecular flexibility index (Phi) is 30.3. The third-order valence-corrected chi connectivity index (χ3v) is 8.71. The standard InChI is InChI=1S/C35H66NO10P/c1-3-5-7-9-11-13-15-17-19-21-23-25-27-34(38)46-31(29-44-47(41,42)45-30-32(36)35(39)40)28-43-33(37)26-24-22-20-18-16-14-12-10-8-6-4-2/h10,12,31-32H,3-9,11,13-30,36H2,1-2H3,(H,39,40)(H,41,42)/b12-10-/t31-,32+/m1/s1. The number of esters is 2. The van der Waals surface area contributed by atoms with E-state index in [1.807, 2.05) is 0 Å². The van der Waals surface area contributed by atoms with Crippen LogP contribution in [0.15, 0.2) is 12.2 Å². The molecular weight excluding hydrogens is 625 g/mol. The molecule has 12 heteroatoms. The van der Waals surface area contributed by atoms with E-state index in [9.17, 15) is 23.8 Å². The van der Waals surface area contributed by atoms with Crippen LogP contribution in [0.1, 0.15) is 162 Å². The molecule has 0 saturated carbocycles. The van der Waals surface area contributed by atoms with Crippen molar-refractivity contribution < 1.29 is 47.5 Å². The average molecular weight is 692 g/mol. The fraction of sp³-hybridized carbons (Fsp3) is 0.857. The summed E-state index contributed by atoms with van der Waals surface area (Å²) in [4.78, 5) is 45.6. The van der Waals surface area contributed by atoms with E-state index in [1.165, 1.54) is 64.2 Å². The summed E-state index contributed by atoms with van der Waals surface area (Å²) in [5.74, 6) is -2.39. The quantitative estimate of drug-likeness (QED) is 0.0255. The van der Waals surface area contributed by atoms with E-state index >= 15 is 0 Å². The number of phosphoric ester groups is 1. The third-order valence-electron chi connectivity index (χ3n) is 7.76. The van der Waals surface area contributed by atoms with Gasteiger partial charge in [0.05, 0.1) is 13.2 Å². The number of carbonyl (C=O) groups is 3. The molecule has 0 aromatic rings. The van der Waals surface area contributed by atoms with Crippen molar-refractivity contribution in [2.75, 3.05) is 19.8 Å². The first-order chi connectivity index (χ1) is 22.6. The summed E-state index contributed by atoms with van der Waals surface area (Å²) >= 11 is 0. The smallest absolute Gasteiger partial charge is 0.472 e. The molecule has 0 aliphatic rings. The maximum Gasteiger partial charge on any atom is 0.472 e. The summed E-state index contributed by atoms with van der Waals surface area (Å²) < 4.78 is 32.5. The minimum absolute atomic E-state index is 0.164. The normalized spacial score (nSPS) is 14.1. The molecule has 0 spiro atoms. The van der Waals surface area contributed by atoms with Gasteiger partial charge in [-0.3, -0.25) is 23.4 Å². The van der Waals surface area contributed by atoms with E-state index < -0.39 is 51.1 Å². The summed E-state index contributed by atoms with van der Waals surface area (Å²) in [7, 11) is -4.70. The van der Waals surface area contributed by atoms with Gasteiger partial charge in [-0.2, -0.15) is 0 Å². The molecule has 1 unspecified atom stereocenters. The summed E-state index contributed by atoms with van der Waals surface area (Å²) in [5.41, 5.74) is 5.30. The molecule has 0 saturated heterocycles. The summed E-state index contributed by atoms with van der Waals surface area (Å²) in [6.45, 7) is 2.73. The maximum atomic E-state index is 12.5. The molecule has 4 N–H and O–H groups in total. The number of hydrogen-bond donors (Lipinski definition) is 3. The van der Waals surface area contributed by atoms with Crippen molar-refractivity contribution >= 4 is 25.7 Å². The molecule has 0 aliphatic carbocycles. The lowest BCUT2D eigenvalue weighted by molar-refractivity contribution is -0.161. The number of hydrogen-bond acceptors (Lipinski definition) is 9. The summed E-state index contributed by atoms with van der Waals surface area (Å²) in [5, 5.41) is 8.84. The zero-order valence-corrected chi connectivity index (χ0v) is 30.3. The first-order valence-electron chi connectivity index (χ1n) is 18.2. The Balaban J connectivity index is 4.47. The van der Waals surface area contributed by atoms with Crippen LogP contribution in [-0.2, 0) is 37.5 Å². The predicted molar refractivity (Wildman–Crippen MR) is 185 cm³/mol. The van der Waals surface area contributed by atoms with Gasteiger partial charge in [-0.1, -0.05) is 129 Å². The molecule has 0 aromatic carbocycles. The molecule has 0 heterocycles. The number of allylic oxidation sites excluding steroid dienone is 2. The number of aliphatic carboxylic acids is 1. The number of rotatable bonds is 34. The summed E-state index contributed by atoms with van der Waals surface area (Å²) in [6.07, 6.45) is 27.2. The highest BCUT2D eigenvalue weighted by atomic mass is 31.2. The highest BCUT2D eigenvalue weighted by Gasteiger charge is 2.28. The van der Waals surface area contributed by atoms with Crippen LogP contribution in [-0.4, -0.2) is 59.9 Å². The molecular formula is C35H66NO10P. The lowest BCUT2D eigenvalue weighted by atomic mass is 10.0. The average Bonchev–Trinajstić information content (AvgIpc) is 3.04. The van der Waals surface area contributed by atoms with E-state index in [-0.39, 0.29) is 19.4 Å². The van der Waals surface area contributed by atoms with Gasteiger partial charge in [0.2, 0.25) is 0 Å². The molecule has 11 nitrogen and oxygen atoms in total. The Hall–Kier alpha value is -1.78. The van der Waals surface area contributed by atoms with Crippen molar-refractivity contribution in [3.8, 4) is 0 Å². The third kappa shape index (κ3) is 31.3. The van der Waals surface area contributed by atoms with Crippen molar-refractivity contribution in [3.63, 3.8) is 0 Å². The van der Waals surface area contributed by atoms with Gasteiger partial charge in [-0.15, -0.1) is 0 Å². The minimum atomic E-state index is -4.70. The van der Waals surface area contributed by atoms with E-state index in [1.54, 1.807) is 0 Å². The summed E-state index contributed by atoms with van der Waals surface area (Å²) in [6, 6.07) is -1.52.